The molecule has 0 saturated carbocycles. The fraction of sp³-hybridized carbons (Fsp3) is 0.520. The summed E-state index contributed by atoms with van der Waals surface area (Å²) in [5.41, 5.74) is -1.62. The van der Waals surface area contributed by atoms with E-state index in [1.165, 1.54) is 18.2 Å². The van der Waals surface area contributed by atoms with E-state index in [2.05, 4.69) is 21.9 Å². The fourth-order valence-corrected chi connectivity index (χ4v) is 4.84. The number of carbonyl (C=O) groups is 1. The topological polar surface area (TPSA) is 91.4 Å². The third-order valence-corrected chi connectivity index (χ3v) is 7.47. The monoisotopic (exact) mass is 544 g/mol. The Hall–Kier alpha value is -2.89. The van der Waals surface area contributed by atoms with E-state index in [9.17, 15) is 30.8 Å². The van der Waals surface area contributed by atoms with Crippen molar-refractivity contribution in [3.8, 4) is 0 Å². The van der Waals surface area contributed by atoms with Crippen LogP contribution in [0.5, 0.6) is 0 Å². The number of halogens is 4. The molecule has 1 saturated heterocycles. The minimum atomic E-state index is -4.59. The molecule has 0 radical (unpaired) electrons. The van der Waals surface area contributed by atoms with Crippen molar-refractivity contribution < 1.29 is 30.8 Å². The summed E-state index contributed by atoms with van der Waals surface area (Å²) >= 11 is 0. The lowest BCUT2D eigenvalue weighted by atomic mass is 9.79. The first-order chi connectivity index (χ1) is 17.1. The van der Waals surface area contributed by atoms with E-state index < -0.39 is 39.0 Å². The standard InChI is InChI=1S/C25H32F4N4O3S/c1-5-24(3,18-7-8-20(19(26)14-18)32-37(4,35)36)23(34)30-15-17-6-9-21(25(27,28)29)31-22(17)33-12-10-16(2)11-13-33/h6-9,14,16,32H,5,10-13,15H2,1-4H3,(H,30,34). The van der Waals surface area contributed by atoms with Crippen molar-refractivity contribution >= 4 is 27.4 Å². The molecule has 204 valence electrons. The summed E-state index contributed by atoms with van der Waals surface area (Å²) in [6.07, 6.45) is -1.75. The van der Waals surface area contributed by atoms with Crippen molar-refractivity contribution in [3.63, 3.8) is 0 Å². The van der Waals surface area contributed by atoms with Crippen LogP contribution in [-0.4, -0.2) is 38.7 Å². The van der Waals surface area contributed by atoms with Gasteiger partial charge in [0.05, 0.1) is 17.4 Å². The Morgan fingerprint density at radius 1 is 1.16 bits per heavy atom. The SMILES string of the molecule is CCC(C)(C(=O)NCc1ccc(C(F)(F)F)nc1N1CCC(C)CC1)c1ccc(NS(C)(=O)=O)c(F)c1. The Balaban J connectivity index is 1.85. The van der Waals surface area contributed by atoms with E-state index in [0.717, 1.165) is 31.2 Å². The number of sulfonamides is 1. The Labute approximate surface area is 214 Å². The predicted octanol–water partition coefficient (Wildman–Crippen LogP) is 4.83. The van der Waals surface area contributed by atoms with Crippen LogP contribution in [0.4, 0.5) is 29.1 Å². The summed E-state index contributed by atoms with van der Waals surface area (Å²) in [4.78, 5) is 19.0. The lowest BCUT2D eigenvalue weighted by Gasteiger charge is -2.33. The Morgan fingerprint density at radius 2 is 1.81 bits per heavy atom. The smallest absolute Gasteiger partial charge is 0.356 e. The third kappa shape index (κ3) is 6.91. The van der Waals surface area contributed by atoms with Gasteiger partial charge in [-0.1, -0.05) is 26.0 Å². The Bertz CT molecular complexity index is 1240. The number of rotatable bonds is 8. The van der Waals surface area contributed by atoms with Crippen LogP contribution in [0.25, 0.3) is 0 Å². The second-order valence-corrected chi connectivity index (χ2v) is 11.5. The van der Waals surface area contributed by atoms with Crippen LogP contribution in [0.3, 0.4) is 0 Å². The van der Waals surface area contributed by atoms with Crippen molar-refractivity contribution in [2.45, 2.75) is 58.2 Å². The number of pyridine rings is 1. The second-order valence-electron chi connectivity index (χ2n) is 9.78. The van der Waals surface area contributed by atoms with E-state index in [-0.39, 0.29) is 18.1 Å². The average Bonchev–Trinajstić information content (AvgIpc) is 2.82. The van der Waals surface area contributed by atoms with E-state index in [4.69, 9.17) is 0 Å². The Morgan fingerprint density at radius 3 is 2.35 bits per heavy atom. The summed E-state index contributed by atoms with van der Waals surface area (Å²) in [6, 6.07) is 6.07. The molecule has 37 heavy (non-hydrogen) atoms. The molecular formula is C25H32F4N4O3S. The molecule has 1 atom stereocenters. The first-order valence-corrected chi connectivity index (χ1v) is 13.9. The number of carbonyl (C=O) groups excluding carboxylic acids is 1. The number of hydrogen-bond donors (Lipinski definition) is 2. The molecule has 1 amide bonds. The molecule has 2 aromatic rings. The zero-order valence-corrected chi connectivity index (χ0v) is 22.1. The molecule has 2 N–H and O–H groups in total. The van der Waals surface area contributed by atoms with Crippen LogP contribution >= 0.6 is 0 Å². The highest BCUT2D eigenvalue weighted by atomic mass is 32.2. The lowest BCUT2D eigenvalue weighted by Crippen LogP contribution is -2.42. The third-order valence-electron chi connectivity index (χ3n) is 6.88. The largest absolute Gasteiger partial charge is 0.433 e. The second kappa shape index (κ2) is 10.8. The first-order valence-electron chi connectivity index (χ1n) is 12.0. The molecule has 12 heteroatoms. The van der Waals surface area contributed by atoms with E-state index in [1.807, 2.05) is 4.90 Å². The van der Waals surface area contributed by atoms with Crippen molar-refractivity contribution in [1.82, 2.24) is 10.3 Å². The van der Waals surface area contributed by atoms with Gasteiger partial charge >= 0.3 is 6.18 Å². The quantitative estimate of drug-likeness (QED) is 0.465. The number of hydrogen-bond acceptors (Lipinski definition) is 5. The van der Waals surface area contributed by atoms with Crippen LogP contribution < -0.4 is 14.9 Å². The highest BCUT2D eigenvalue weighted by molar-refractivity contribution is 7.92. The van der Waals surface area contributed by atoms with Gasteiger partial charge in [0.15, 0.2) is 0 Å². The molecule has 1 aromatic carbocycles. The van der Waals surface area contributed by atoms with E-state index >= 15 is 0 Å². The maximum atomic E-state index is 14.6. The number of nitrogens with one attached hydrogen (secondary N) is 2. The van der Waals surface area contributed by atoms with Crippen LogP contribution in [0.1, 0.15) is 56.9 Å². The minimum absolute atomic E-state index is 0.0584. The van der Waals surface area contributed by atoms with E-state index in [1.54, 1.807) is 13.8 Å². The number of nitrogens with zero attached hydrogens (tertiary/aromatic N) is 2. The van der Waals surface area contributed by atoms with Gasteiger partial charge in [-0.25, -0.2) is 17.8 Å². The zero-order valence-electron chi connectivity index (χ0n) is 21.2. The molecular weight excluding hydrogens is 512 g/mol. The molecule has 7 nitrogen and oxygen atoms in total. The molecule has 1 unspecified atom stereocenters. The summed E-state index contributed by atoms with van der Waals surface area (Å²) < 4.78 is 79.7. The van der Waals surface area contributed by atoms with Crippen molar-refractivity contribution in [2.75, 3.05) is 29.0 Å². The molecule has 2 heterocycles. The molecule has 3 rings (SSSR count). The molecule has 0 aliphatic carbocycles. The Kier molecular flexibility index (Phi) is 8.40. The summed E-state index contributed by atoms with van der Waals surface area (Å²) in [5.74, 6) is -0.613. The molecule has 1 fully saturated rings. The van der Waals surface area contributed by atoms with Crippen molar-refractivity contribution in [1.29, 1.82) is 0 Å². The number of alkyl halides is 3. The molecule has 1 aliphatic heterocycles. The minimum Gasteiger partial charge on any atom is -0.356 e. The van der Waals surface area contributed by atoms with Gasteiger partial charge in [0.1, 0.15) is 17.3 Å². The highest BCUT2D eigenvalue weighted by Gasteiger charge is 2.36. The van der Waals surface area contributed by atoms with Crippen LogP contribution in [0.15, 0.2) is 30.3 Å². The van der Waals surface area contributed by atoms with Gasteiger partial charge < -0.3 is 10.2 Å². The highest BCUT2D eigenvalue weighted by Crippen LogP contribution is 2.33. The molecule has 1 aliphatic rings. The number of amides is 1. The zero-order chi connectivity index (χ0) is 27.6. The summed E-state index contributed by atoms with van der Waals surface area (Å²) in [6.45, 7) is 6.54. The van der Waals surface area contributed by atoms with Gasteiger partial charge in [0.25, 0.3) is 0 Å². The maximum absolute atomic E-state index is 14.6. The van der Waals surface area contributed by atoms with Gasteiger partial charge in [0, 0.05) is 25.2 Å². The molecule has 0 spiro atoms. The lowest BCUT2D eigenvalue weighted by molar-refractivity contribution is -0.141. The summed E-state index contributed by atoms with van der Waals surface area (Å²) in [7, 11) is -3.69. The number of benzene rings is 1. The van der Waals surface area contributed by atoms with Gasteiger partial charge in [0.2, 0.25) is 15.9 Å². The van der Waals surface area contributed by atoms with Gasteiger partial charge in [-0.05, 0) is 55.9 Å². The van der Waals surface area contributed by atoms with Crippen LogP contribution in [0, 0.1) is 11.7 Å². The molecule has 0 bridgehead atoms. The van der Waals surface area contributed by atoms with Crippen LogP contribution in [-0.2, 0) is 33.0 Å². The number of aromatic nitrogens is 1. The summed E-state index contributed by atoms with van der Waals surface area (Å²) in [5, 5.41) is 2.79. The van der Waals surface area contributed by atoms with Crippen molar-refractivity contribution in [3.05, 3.63) is 53.0 Å². The molecule has 1 aromatic heterocycles. The van der Waals surface area contributed by atoms with Gasteiger partial charge in [-0.3, -0.25) is 9.52 Å². The van der Waals surface area contributed by atoms with Crippen LogP contribution in [0.2, 0.25) is 0 Å². The average molecular weight is 545 g/mol. The fourth-order valence-electron chi connectivity index (χ4n) is 4.27. The number of anilines is 2. The first kappa shape index (κ1) is 28.7. The van der Waals surface area contributed by atoms with Gasteiger partial charge in [-0.15, -0.1) is 0 Å². The maximum Gasteiger partial charge on any atom is 0.433 e. The number of piperidine rings is 1. The van der Waals surface area contributed by atoms with Crippen molar-refractivity contribution in [2.24, 2.45) is 5.92 Å². The van der Waals surface area contributed by atoms with E-state index in [0.29, 0.717) is 36.6 Å². The van der Waals surface area contributed by atoms with Gasteiger partial charge in [-0.2, -0.15) is 13.2 Å². The normalized spacial score (nSPS) is 16.8. The predicted molar refractivity (Wildman–Crippen MR) is 134 cm³/mol.